The van der Waals surface area contributed by atoms with E-state index >= 15 is 0 Å². The number of likely N-dealkylation sites (tertiary alicyclic amines) is 1. The summed E-state index contributed by atoms with van der Waals surface area (Å²) in [7, 11) is 0. The van der Waals surface area contributed by atoms with E-state index in [4.69, 9.17) is 5.73 Å². The highest BCUT2D eigenvalue weighted by atomic mass is 16.2. The molecule has 1 aliphatic rings. The molecule has 0 spiro atoms. The van der Waals surface area contributed by atoms with Gasteiger partial charge in [-0.1, -0.05) is 0 Å². The highest BCUT2D eigenvalue weighted by molar-refractivity contribution is 5.93. The molecule has 5 nitrogen and oxygen atoms in total. The lowest BCUT2D eigenvalue weighted by atomic mass is 9.98. The molecule has 3 N–H and O–H groups in total. The van der Waals surface area contributed by atoms with Gasteiger partial charge in [-0.3, -0.25) is 9.59 Å². The lowest BCUT2D eigenvalue weighted by Gasteiger charge is -2.32. The molecule has 1 unspecified atom stereocenters. The van der Waals surface area contributed by atoms with Gasteiger partial charge in [0.15, 0.2) is 0 Å². The average Bonchev–Trinajstić information content (AvgIpc) is 2.38. The summed E-state index contributed by atoms with van der Waals surface area (Å²) >= 11 is 0. The van der Waals surface area contributed by atoms with Gasteiger partial charge < -0.3 is 15.6 Å². The lowest BCUT2D eigenvalue weighted by Crippen LogP contribution is -2.43. The molecule has 1 fully saturated rings. The zero-order chi connectivity index (χ0) is 13.1. The summed E-state index contributed by atoms with van der Waals surface area (Å²) < 4.78 is 0. The van der Waals surface area contributed by atoms with Crippen LogP contribution in [-0.2, 0) is 0 Å². The quantitative estimate of drug-likeness (QED) is 0.800. The fourth-order valence-electron chi connectivity index (χ4n) is 2.35. The van der Waals surface area contributed by atoms with Crippen molar-refractivity contribution >= 4 is 5.91 Å². The molecular weight excluding hydrogens is 230 g/mol. The molecule has 1 amide bonds. The number of rotatable bonds is 2. The first-order valence-corrected chi connectivity index (χ1v) is 6.31. The number of pyridine rings is 1. The van der Waals surface area contributed by atoms with Crippen LogP contribution in [0.15, 0.2) is 16.9 Å². The first-order valence-electron chi connectivity index (χ1n) is 6.31. The van der Waals surface area contributed by atoms with E-state index in [1.54, 1.807) is 24.0 Å². The number of hydrogen-bond donors (Lipinski definition) is 2. The predicted octanol–water partition coefficient (Wildman–Crippen LogP) is 0.494. The van der Waals surface area contributed by atoms with Crippen molar-refractivity contribution in [3.63, 3.8) is 0 Å². The normalized spacial score (nSPS) is 19.9. The highest BCUT2D eigenvalue weighted by Gasteiger charge is 2.24. The summed E-state index contributed by atoms with van der Waals surface area (Å²) in [5.41, 5.74) is 6.32. The summed E-state index contributed by atoms with van der Waals surface area (Å²) in [5, 5.41) is 0. The predicted molar refractivity (Wildman–Crippen MR) is 69.5 cm³/mol. The number of hydrogen-bond acceptors (Lipinski definition) is 3. The third kappa shape index (κ3) is 2.61. The molecule has 0 aromatic carbocycles. The molecule has 0 radical (unpaired) electrons. The van der Waals surface area contributed by atoms with Crippen LogP contribution in [0.3, 0.4) is 0 Å². The van der Waals surface area contributed by atoms with Crippen molar-refractivity contribution in [3.05, 3.63) is 33.7 Å². The van der Waals surface area contributed by atoms with Crippen LogP contribution in [0.25, 0.3) is 0 Å². The Kier molecular flexibility index (Phi) is 3.81. The van der Waals surface area contributed by atoms with Crippen molar-refractivity contribution < 1.29 is 4.79 Å². The van der Waals surface area contributed by atoms with Gasteiger partial charge in [-0.2, -0.15) is 0 Å². The SMILES string of the molecule is Cc1ccc(C(=O)N2CCCC(CN)C2)c(=O)[nH]1. The van der Waals surface area contributed by atoms with Gasteiger partial charge in [-0.15, -0.1) is 0 Å². The molecule has 1 aliphatic heterocycles. The van der Waals surface area contributed by atoms with E-state index in [1.165, 1.54) is 0 Å². The number of nitrogens with zero attached hydrogens (tertiary/aromatic N) is 1. The molecule has 0 aliphatic carbocycles. The first-order chi connectivity index (χ1) is 8.61. The Morgan fingerprint density at radius 3 is 3.00 bits per heavy atom. The second kappa shape index (κ2) is 5.35. The second-order valence-electron chi connectivity index (χ2n) is 4.88. The number of aryl methyl sites for hydroxylation is 1. The smallest absolute Gasteiger partial charge is 0.260 e. The van der Waals surface area contributed by atoms with Crippen LogP contribution in [0.4, 0.5) is 0 Å². The van der Waals surface area contributed by atoms with Crippen LogP contribution < -0.4 is 11.3 Å². The molecule has 1 aromatic heterocycles. The number of amides is 1. The van der Waals surface area contributed by atoms with E-state index in [1.807, 2.05) is 0 Å². The number of H-pyrrole nitrogens is 1. The maximum Gasteiger partial charge on any atom is 0.260 e. The van der Waals surface area contributed by atoms with Crippen molar-refractivity contribution in [1.82, 2.24) is 9.88 Å². The lowest BCUT2D eigenvalue weighted by molar-refractivity contribution is 0.0676. The molecule has 1 atom stereocenters. The molecular formula is C13H19N3O2. The Morgan fingerprint density at radius 2 is 2.33 bits per heavy atom. The molecule has 18 heavy (non-hydrogen) atoms. The molecule has 2 rings (SSSR count). The Morgan fingerprint density at radius 1 is 1.56 bits per heavy atom. The van der Waals surface area contributed by atoms with Crippen molar-refractivity contribution in [3.8, 4) is 0 Å². The van der Waals surface area contributed by atoms with Gasteiger partial charge in [0.05, 0.1) is 0 Å². The topological polar surface area (TPSA) is 79.2 Å². The zero-order valence-electron chi connectivity index (χ0n) is 10.6. The van der Waals surface area contributed by atoms with Gasteiger partial charge in [-0.05, 0) is 44.4 Å². The van der Waals surface area contributed by atoms with E-state index < -0.39 is 0 Å². The second-order valence-corrected chi connectivity index (χ2v) is 4.88. The van der Waals surface area contributed by atoms with Crippen LogP contribution in [0.1, 0.15) is 28.9 Å². The molecule has 5 heteroatoms. The van der Waals surface area contributed by atoms with E-state index in [2.05, 4.69) is 4.98 Å². The van der Waals surface area contributed by atoms with Gasteiger partial charge in [0, 0.05) is 18.8 Å². The first kappa shape index (κ1) is 12.8. The summed E-state index contributed by atoms with van der Waals surface area (Å²) in [4.78, 5) is 28.4. The Bertz CT molecular complexity index is 495. The fourth-order valence-corrected chi connectivity index (χ4v) is 2.35. The maximum atomic E-state index is 12.3. The van der Waals surface area contributed by atoms with Gasteiger partial charge in [-0.25, -0.2) is 0 Å². The summed E-state index contributed by atoms with van der Waals surface area (Å²) in [5.74, 6) is 0.168. The molecule has 1 saturated heterocycles. The molecule has 1 aromatic rings. The Labute approximate surface area is 106 Å². The van der Waals surface area contributed by atoms with Crippen molar-refractivity contribution in [1.29, 1.82) is 0 Å². The van der Waals surface area contributed by atoms with Crippen LogP contribution >= 0.6 is 0 Å². The van der Waals surface area contributed by atoms with Gasteiger partial charge in [0.1, 0.15) is 5.56 Å². The van der Waals surface area contributed by atoms with Gasteiger partial charge in [0.2, 0.25) is 0 Å². The Hall–Kier alpha value is -1.62. The zero-order valence-corrected chi connectivity index (χ0v) is 10.6. The van der Waals surface area contributed by atoms with E-state index in [9.17, 15) is 9.59 Å². The van der Waals surface area contributed by atoms with E-state index in [0.717, 1.165) is 18.5 Å². The van der Waals surface area contributed by atoms with Gasteiger partial charge in [0.25, 0.3) is 11.5 Å². The number of aromatic nitrogens is 1. The monoisotopic (exact) mass is 249 g/mol. The standard InChI is InChI=1S/C13H19N3O2/c1-9-4-5-11(12(17)15-9)13(18)16-6-2-3-10(7-14)8-16/h4-5,10H,2-3,6-8,14H2,1H3,(H,15,17). The summed E-state index contributed by atoms with van der Waals surface area (Å²) in [6.45, 7) is 3.75. The minimum absolute atomic E-state index is 0.186. The highest BCUT2D eigenvalue weighted by Crippen LogP contribution is 2.16. The largest absolute Gasteiger partial charge is 0.338 e. The molecule has 0 bridgehead atoms. The fraction of sp³-hybridized carbons (Fsp3) is 0.538. The van der Waals surface area contributed by atoms with Crippen LogP contribution in [-0.4, -0.2) is 35.4 Å². The average molecular weight is 249 g/mol. The van der Waals surface area contributed by atoms with Crippen molar-refractivity contribution in [2.75, 3.05) is 19.6 Å². The van der Waals surface area contributed by atoms with Crippen LogP contribution in [0.2, 0.25) is 0 Å². The maximum absolute atomic E-state index is 12.3. The third-order valence-electron chi connectivity index (χ3n) is 3.43. The minimum atomic E-state index is -0.310. The van der Waals surface area contributed by atoms with Crippen molar-refractivity contribution in [2.24, 2.45) is 11.7 Å². The molecule has 98 valence electrons. The number of nitrogens with two attached hydrogens (primary N) is 1. The molecule has 2 heterocycles. The van der Waals surface area contributed by atoms with Gasteiger partial charge >= 0.3 is 0 Å². The van der Waals surface area contributed by atoms with E-state index in [-0.39, 0.29) is 17.0 Å². The number of piperidine rings is 1. The van der Waals surface area contributed by atoms with Crippen molar-refractivity contribution in [2.45, 2.75) is 19.8 Å². The molecule has 0 saturated carbocycles. The van der Waals surface area contributed by atoms with E-state index in [0.29, 0.717) is 25.6 Å². The summed E-state index contributed by atoms with van der Waals surface area (Å²) in [6, 6.07) is 3.35. The van der Waals surface area contributed by atoms with Crippen LogP contribution in [0, 0.1) is 12.8 Å². The Balaban J connectivity index is 2.18. The number of carbonyl (C=O) groups excluding carboxylic acids is 1. The third-order valence-corrected chi connectivity index (χ3v) is 3.43. The number of carbonyl (C=O) groups is 1. The van der Waals surface area contributed by atoms with Crippen LogP contribution in [0.5, 0.6) is 0 Å². The number of nitrogens with one attached hydrogen (secondary N) is 1. The number of aromatic amines is 1. The summed E-state index contributed by atoms with van der Waals surface area (Å²) in [6.07, 6.45) is 2.02. The minimum Gasteiger partial charge on any atom is -0.338 e.